The molecule has 0 saturated carbocycles. The van der Waals surface area contributed by atoms with Crippen molar-refractivity contribution in [1.29, 1.82) is 0 Å². The van der Waals surface area contributed by atoms with E-state index >= 15 is 0 Å². The summed E-state index contributed by atoms with van der Waals surface area (Å²) >= 11 is 0. The number of guanidine groups is 1. The molecule has 2 N–H and O–H groups in total. The molecule has 1 aliphatic heterocycles. The molecule has 0 bridgehead atoms. The molecule has 8 nitrogen and oxygen atoms in total. The van der Waals surface area contributed by atoms with E-state index in [1.54, 1.807) is 26.2 Å². The Labute approximate surface area is 176 Å². The highest BCUT2D eigenvalue weighted by Crippen LogP contribution is 2.22. The minimum Gasteiger partial charge on any atom is -0.434 e. The van der Waals surface area contributed by atoms with Crippen molar-refractivity contribution in [3.05, 3.63) is 29.3 Å². The largest absolute Gasteiger partial charge is 0.434 e. The molecular weight excluding hydrogens is 396 g/mol. The topological polar surface area (TPSA) is 78.4 Å². The first-order valence-electron chi connectivity index (χ1n) is 9.92. The number of nitrogens with zero attached hydrogens (tertiary/aromatic N) is 3. The Morgan fingerprint density at radius 3 is 2.70 bits per heavy atom. The van der Waals surface area contributed by atoms with Crippen LogP contribution in [0.5, 0.6) is 5.75 Å². The number of rotatable bonds is 9. The summed E-state index contributed by atoms with van der Waals surface area (Å²) in [5.74, 6) is 0.425. The number of aliphatic imine (C=N–C) groups is 1. The van der Waals surface area contributed by atoms with E-state index in [1.807, 2.05) is 6.92 Å². The molecule has 1 aliphatic rings. The van der Waals surface area contributed by atoms with Crippen LogP contribution in [0.4, 0.5) is 8.78 Å². The van der Waals surface area contributed by atoms with Gasteiger partial charge in [-0.3, -0.25) is 9.69 Å². The van der Waals surface area contributed by atoms with Crippen LogP contribution in [0.2, 0.25) is 0 Å². The van der Waals surface area contributed by atoms with E-state index in [1.165, 1.54) is 11.0 Å². The van der Waals surface area contributed by atoms with E-state index in [4.69, 9.17) is 4.74 Å². The molecule has 1 heterocycles. The zero-order chi connectivity index (χ0) is 21.9. The van der Waals surface area contributed by atoms with Gasteiger partial charge in [0.05, 0.1) is 26.3 Å². The van der Waals surface area contributed by atoms with Crippen molar-refractivity contribution in [2.45, 2.75) is 20.1 Å². The second-order valence-electron chi connectivity index (χ2n) is 7.18. The highest BCUT2D eigenvalue weighted by Gasteiger charge is 2.12. The number of morpholine rings is 1. The third kappa shape index (κ3) is 8.50. The van der Waals surface area contributed by atoms with Gasteiger partial charge in [-0.15, -0.1) is 0 Å². The Morgan fingerprint density at radius 2 is 2.03 bits per heavy atom. The Balaban J connectivity index is 2.03. The highest BCUT2D eigenvalue weighted by atomic mass is 19.3. The summed E-state index contributed by atoms with van der Waals surface area (Å²) in [7, 11) is 3.35. The minimum atomic E-state index is -2.91. The van der Waals surface area contributed by atoms with Gasteiger partial charge in [0, 0.05) is 45.8 Å². The number of carbonyl (C=O) groups excluding carboxylic acids is 1. The maximum absolute atomic E-state index is 12.7. The number of hydrogen-bond acceptors (Lipinski definition) is 5. The Morgan fingerprint density at radius 1 is 1.30 bits per heavy atom. The van der Waals surface area contributed by atoms with Crippen molar-refractivity contribution in [3.63, 3.8) is 0 Å². The van der Waals surface area contributed by atoms with Crippen LogP contribution in [0.25, 0.3) is 0 Å². The van der Waals surface area contributed by atoms with E-state index in [0.29, 0.717) is 18.1 Å². The number of hydrogen-bond donors (Lipinski definition) is 2. The van der Waals surface area contributed by atoms with E-state index in [2.05, 4.69) is 25.3 Å². The summed E-state index contributed by atoms with van der Waals surface area (Å²) in [6.07, 6.45) is 0. The van der Waals surface area contributed by atoms with Crippen LogP contribution in [-0.4, -0.2) is 88.3 Å². The summed E-state index contributed by atoms with van der Waals surface area (Å²) in [5.41, 5.74) is 1.46. The van der Waals surface area contributed by atoms with Crippen LogP contribution >= 0.6 is 0 Å². The molecule has 1 aromatic carbocycles. The van der Waals surface area contributed by atoms with Crippen LogP contribution in [0.15, 0.2) is 23.2 Å². The first kappa shape index (κ1) is 23.8. The van der Waals surface area contributed by atoms with Crippen molar-refractivity contribution in [1.82, 2.24) is 20.4 Å². The highest BCUT2D eigenvalue weighted by molar-refractivity contribution is 5.86. The molecule has 0 aliphatic carbocycles. The molecule has 0 aromatic heterocycles. The fourth-order valence-corrected chi connectivity index (χ4v) is 2.86. The standard InChI is InChI=1S/C20H31F2N5O3/c1-15-4-5-17(30-19(21)22)16(12-15)13-24-20(25-14-18(28)26(2)3)23-6-7-27-8-10-29-11-9-27/h4-5,12,19H,6-11,13-14H2,1-3H3,(H2,23,24,25). The van der Waals surface area contributed by atoms with Crippen LogP contribution < -0.4 is 15.4 Å². The van der Waals surface area contributed by atoms with Gasteiger partial charge in [0.1, 0.15) is 5.75 Å². The first-order valence-corrected chi connectivity index (χ1v) is 9.92. The van der Waals surface area contributed by atoms with Crippen LogP contribution in [-0.2, 0) is 16.1 Å². The van der Waals surface area contributed by atoms with Crippen molar-refractivity contribution in [2.24, 2.45) is 4.99 Å². The summed E-state index contributed by atoms with van der Waals surface area (Å²) in [6.45, 7) is 3.78. The number of likely N-dealkylation sites (N-methyl/N-ethyl adjacent to an activating group) is 1. The average Bonchev–Trinajstić information content (AvgIpc) is 2.71. The second kappa shape index (κ2) is 12.3. The van der Waals surface area contributed by atoms with Gasteiger partial charge in [0.25, 0.3) is 0 Å². The molecule has 0 unspecified atom stereocenters. The normalized spacial score (nSPS) is 15.2. The maximum atomic E-state index is 12.7. The molecule has 1 amide bonds. The predicted octanol–water partition coefficient (Wildman–Crippen LogP) is 1.05. The Kier molecular flexibility index (Phi) is 9.75. The smallest absolute Gasteiger partial charge is 0.387 e. The maximum Gasteiger partial charge on any atom is 0.387 e. The zero-order valence-corrected chi connectivity index (χ0v) is 17.8. The van der Waals surface area contributed by atoms with Gasteiger partial charge in [0.2, 0.25) is 5.91 Å². The van der Waals surface area contributed by atoms with E-state index < -0.39 is 6.61 Å². The van der Waals surface area contributed by atoms with Crippen LogP contribution in [0.3, 0.4) is 0 Å². The third-order valence-electron chi connectivity index (χ3n) is 4.57. The Hall–Kier alpha value is -2.46. The zero-order valence-electron chi connectivity index (χ0n) is 17.8. The lowest BCUT2D eigenvalue weighted by Gasteiger charge is -2.26. The summed E-state index contributed by atoms with van der Waals surface area (Å²) in [4.78, 5) is 20.1. The van der Waals surface area contributed by atoms with Crippen LogP contribution in [0, 0.1) is 6.92 Å². The molecule has 1 fully saturated rings. The molecule has 0 radical (unpaired) electrons. The number of carbonyl (C=O) groups is 1. The number of nitrogens with one attached hydrogen (secondary N) is 2. The van der Waals surface area contributed by atoms with Gasteiger partial charge in [0.15, 0.2) is 5.96 Å². The lowest BCUT2D eigenvalue weighted by molar-refractivity contribution is -0.127. The third-order valence-corrected chi connectivity index (χ3v) is 4.57. The molecule has 1 saturated heterocycles. The number of ether oxygens (including phenoxy) is 2. The number of aryl methyl sites for hydroxylation is 1. The molecule has 168 valence electrons. The number of amides is 1. The molecule has 10 heteroatoms. The predicted molar refractivity (Wildman–Crippen MR) is 111 cm³/mol. The number of benzene rings is 1. The summed E-state index contributed by atoms with van der Waals surface area (Å²) in [6, 6.07) is 4.98. The fraction of sp³-hybridized carbons (Fsp3) is 0.600. The fourth-order valence-electron chi connectivity index (χ4n) is 2.86. The van der Waals surface area contributed by atoms with Crippen molar-refractivity contribution >= 4 is 11.9 Å². The molecule has 30 heavy (non-hydrogen) atoms. The number of alkyl halides is 2. The minimum absolute atomic E-state index is 0.0740. The average molecular weight is 427 g/mol. The molecule has 0 atom stereocenters. The van der Waals surface area contributed by atoms with Gasteiger partial charge in [-0.2, -0.15) is 8.78 Å². The number of halogens is 2. The lowest BCUT2D eigenvalue weighted by Crippen LogP contribution is -2.46. The monoisotopic (exact) mass is 427 g/mol. The SMILES string of the molecule is Cc1ccc(OC(F)F)c(CN=C(NCCN2CCOCC2)NCC(=O)N(C)C)c1. The molecule has 2 rings (SSSR count). The molecule has 0 spiro atoms. The molecular formula is C20H31F2N5O3. The van der Waals surface area contributed by atoms with Crippen LogP contribution in [0.1, 0.15) is 11.1 Å². The van der Waals surface area contributed by atoms with Gasteiger partial charge in [-0.25, -0.2) is 4.99 Å². The van der Waals surface area contributed by atoms with Gasteiger partial charge in [-0.05, 0) is 13.0 Å². The van der Waals surface area contributed by atoms with E-state index in [0.717, 1.165) is 38.4 Å². The first-order chi connectivity index (χ1) is 14.3. The van der Waals surface area contributed by atoms with E-state index in [9.17, 15) is 13.6 Å². The van der Waals surface area contributed by atoms with Crippen molar-refractivity contribution in [2.75, 3.05) is 60.0 Å². The lowest BCUT2D eigenvalue weighted by atomic mass is 10.1. The van der Waals surface area contributed by atoms with Crippen molar-refractivity contribution < 1.29 is 23.0 Å². The van der Waals surface area contributed by atoms with Gasteiger partial charge in [-0.1, -0.05) is 17.7 Å². The van der Waals surface area contributed by atoms with Gasteiger partial charge < -0.3 is 25.0 Å². The summed E-state index contributed by atoms with van der Waals surface area (Å²) in [5, 5.41) is 6.20. The quantitative estimate of drug-likeness (QED) is 0.453. The molecule has 1 aromatic rings. The summed E-state index contributed by atoms with van der Waals surface area (Å²) < 4.78 is 35.3. The second-order valence-corrected chi connectivity index (χ2v) is 7.18. The van der Waals surface area contributed by atoms with Crippen molar-refractivity contribution in [3.8, 4) is 5.75 Å². The Bertz CT molecular complexity index is 710. The van der Waals surface area contributed by atoms with E-state index in [-0.39, 0.29) is 24.7 Å². The van der Waals surface area contributed by atoms with Gasteiger partial charge >= 0.3 is 6.61 Å².